The summed E-state index contributed by atoms with van der Waals surface area (Å²) < 4.78 is 24.2. The van der Waals surface area contributed by atoms with Crippen LogP contribution in [0.15, 0.2) is 24.3 Å². The maximum absolute atomic E-state index is 13.1. The smallest absolute Gasteiger partial charge is 0.123 e. The first kappa shape index (κ1) is 15.4. The Morgan fingerprint density at radius 1 is 1.30 bits per heavy atom. The van der Waals surface area contributed by atoms with E-state index < -0.39 is 0 Å². The monoisotopic (exact) mass is 281 g/mol. The van der Waals surface area contributed by atoms with Gasteiger partial charge >= 0.3 is 0 Å². The zero-order valence-electron chi connectivity index (χ0n) is 12.1. The molecular weight excluding hydrogens is 257 g/mol. The van der Waals surface area contributed by atoms with Crippen molar-refractivity contribution in [2.75, 3.05) is 33.4 Å². The fourth-order valence-corrected chi connectivity index (χ4v) is 2.71. The van der Waals surface area contributed by atoms with Crippen molar-refractivity contribution in [1.82, 2.24) is 5.32 Å². The molecule has 1 aromatic carbocycles. The summed E-state index contributed by atoms with van der Waals surface area (Å²) in [4.78, 5) is 0. The van der Waals surface area contributed by atoms with Crippen LogP contribution in [0.4, 0.5) is 4.39 Å². The summed E-state index contributed by atoms with van der Waals surface area (Å²) >= 11 is 0. The molecule has 2 rings (SSSR count). The lowest BCUT2D eigenvalue weighted by Gasteiger charge is -2.31. The van der Waals surface area contributed by atoms with Crippen LogP contribution < -0.4 is 5.32 Å². The van der Waals surface area contributed by atoms with Gasteiger partial charge in [0.05, 0.1) is 6.10 Å². The van der Waals surface area contributed by atoms with Gasteiger partial charge in [0.2, 0.25) is 0 Å². The van der Waals surface area contributed by atoms with Crippen LogP contribution in [0.1, 0.15) is 30.9 Å². The van der Waals surface area contributed by atoms with Gasteiger partial charge in [-0.3, -0.25) is 0 Å². The highest BCUT2D eigenvalue weighted by Gasteiger charge is 2.25. The molecule has 0 aliphatic carbocycles. The largest absolute Gasteiger partial charge is 0.385 e. The second-order valence-electron chi connectivity index (χ2n) is 5.30. The van der Waals surface area contributed by atoms with Crippen molar-refractivity contribution in [2.24, 2.45) is 5.92 Å². The number of methoxy groups -OCH3 is 1. The minimum absolute atomic E-state index is 0.0419. The van der Waals surface area contributed by atoms with Gasteiger partial charge in [0.1, 0.15) is 5.82 Å². The summed E-state index contributed by atoms with van der Waals surface area (Å²) in [6, 6.07) is 6.70. The molecule has 0 aromatic heterocycles. The number of ether oxygens (including phenoxy) is 2. The van der Waals surface area contributed by atoms with E-state index in [1.165, 1.54) is 18.6 Å². The predicted molar refractivity (Wildman–Crippen MR) is 77.2 cm³/mol. The van der Waals surface area contributed by atoms with Gasteiger partial charge in [-0.1, -0.05) is 12.1 Å². The zero-order chi connectivity index (χ0) is 14.2. The molecule has 2 atom stereocenters. The second-order valence-corrected chi connectivity index (χ2v) is 5.30. The van der Waals surface area contributed by atoms with Crippen molar-refractivity contribution in [1.29, 1.82) is 0 Å². The van der Waals surface area contributed by atoms with E-state index in [0.717, 1.165) is 31.5 Å². The lowest BCUT2D eigenvalue weighted by atomic mass is 9.89. The molecule has 112 valence electrons. The molecule has 1 heterocycles. The number of hydrogen-bond acceptors (Lipinski definition) is 3. The van der Waals surface area contributed by atoms with Crippen molar-refractivity contribution in [2.45, 2.75) is 25.4 Å². The average Bonchev–Trinajstić information content (AvgIpc) is 2.50. The maximum atomic E-state index is 13.1. The van der Waals surface area contributed by atoms with Crippen molar-refractivity contribution >= 4 is 0 Å². The molecule has 1 aromatic rings. The Bertz CT molecular complexity index is 377. The Labute approximate surface area is 120 Å². The number of hydrogen-bond donors (Lipinski definition) is 1. The van der Waals surface area contributed by atoms with Gasteiger partial charge in [-0.2, -0.15) is 0 Å². The summed E-state index contributed by atoms with van der Waals surface area (Å²) in [6.07, 6.45) is 3.25. The SMILES string of the molecule is COCCCO[C@@H](c1ccc(F)cc1)C1CCCNC1. The predicted octanol–water partition coefficient (Wildman–Crippen LogP) is 2.92. The van der Waals surface area contributed by atoms with Crippen LogP contribution in [0.25, 0.3) is 0 Å². The Kier molecular flexibility index (Phi) is 6.43. The molecule has 3 nitrogen and oxygen atoms in total. The lowest BCUT2D eigenvalue weighted by molar-refractivity contribution is -0.00505. The van der Waals surface area contributed by atoms with Gasteiger partial charge in [-0.05, 0) is 43.5 Å². The number of rotatable bonds is 7. The fourth-order valence-electron chi connectivity index (χ4n) is 2.71. The summed E-state index contributed by atoms with van der Waals surface area (Å²) in [5.41, 5.74) is 1.07. The Balaban J connectivity index is 2.00. The number of nitrogens with one attached hydrogen (secondary N) is 1. The minimum atomic E-state index is -0.200. The first-order valence-corrected chi connectivity index (χ1v) is 7.38. The highest BCUT2D eigenvalue weighted by molar-refractivity contribution is 5.19. The standard InChI is InChI=1S/C16H24FNO2/c1-19-10-3-11-20-16(14-4-2-9-18-12-14)13-5-7-15(17)8-6-13/h5-8,14,16,18H,2-4,9-12H2,1H3/t14?,16-/m0/s1. The van der Waals surface area contributed by atoms with Gasteiger partial charge < -0.3 is 14.8 Å². The van der Waals surface area contributed by atoms with Gasteiger partial charge in [-0.15, -0.1) is 0 Å². The highest BCUT2D eigenvalue weighted by atomic mass is 19.1. The van der Waals surface area contributed by atoms with Crippen LogP contribution in [0.2, 0.25) is 0 Å². The van der Waals surface area contributed by atoms with Crippen LogP contribution in [0, 0.1) is 11.7 Å². The molecule has 0 bridgehead atoms. The topological polar surface area (TPSA) is 30.5 Å². The number of piperidine rings is 1. The molecule has 1 unspecified atom stereocenters. The molecule has 0 radical (unpaired) electrons. The molecule has 4 heteroatoms. The molecule has 20 heavy (non-hydrogen) atoms. The van der Waals surface area contributed by atoms with E-state index in [4.69, 9.17) is 9.47 Å². The molecule has 1 N–H and O–H groups in total. The van der Waals surface area contributed by atoms with Crippen LogP contribution in [0.5, 0.6) is 0 Å². The minimum Gasteiger partial charge on any atom is -0.385 e. The number of halogens is 1. The molecule has 0 spiro atoms. The highest BCUT2D eigenvalue weighted by Crippen LogP contribution is 2.31. The van der Waals surface area contributed by atoms with Gasteiger partial charge in [-0.25, -0.2) is 4.39 Å². The Morgan fingerprint density at radius 3 is 2.75 bits per heavy atom. The zero-order valence-corrected chi connectivity index (χ0v) is 12.1. The summed E-state index contributed by atoms with van der Waals surface area (Å²) in [5, 5.41) is 3.42. The van der Waals surface area contributed by atoms with Crippen LogP contribution >= 0.6 is 0 Å². The van der Waals surface area contributed by atoms with E-state index in [9.17, 15) is 4.39 Å². The summed E-state index contributed by atoms with van der Waals surface area (Å²) in [6.45, 7) is 3.42. The molecule has 1 aliphatic rings. The maximum Gasteiger partial charge on any atom is 0.123 e. The van der Waals surface area contributed by atoms with Crippen molar-refractivity contribution < 1.29 is 13.9 Å². The van der Waals surface area contributed by atoms with Crippen molar-refractivity contribution in [3.05, 3.63) is 35.6 Å². The normalized spacial score (nSPS) is 20.8. The quantitative estimate of drug-likeness (QED) is 0.780. The van der Waals surface area contributed by atoms with Crippen molar-refractivity contribution in [3.8, 4) is 0 Å². The third kappa shape index (κ3) is 4.54. The van der Waals surface area contributed by atoms with E-state index in [1.54, 1.807) is 7.11 Å². The summed E-state index contributed by atoms with van der Waals surface area (Å²) in [5.74, 6) is 0.255. The average molecular weight is 281 g/mol. The van der Waals surface area contributed by atoms with Crippen molar-refractivity contribution in [3.63, 3.8) is 0 Å². The lowest BCUT2D eigenvalue weighted by Crippen LogP contribution is -2.34. The molecular formula is C16H24FNO2. The number of benzene rings is 1. The third-order valence-electron chi connectivity index (χ3n) is 3.75. The van der Waals surface area contributed by atoms with E-state index in [-0.39, 0.29) is 11.9 Å². The Hall–Kier alpha value is -0.970. The third-order valence-corrected chi connectivity index (χ3v) is 3.75. The fraction of sp³-hybridized carbons (Fsp3) is 0.625. The molecule has 1 saturated heterocycles. The van der Waals surface area contributed by atoms with E-state index in [2.05, 4.69) is 5.32 Å². The first-order chi connectivity index (χ1) is 9.81. The van der Waals surface area contributed by atoms with E-state index in [0.29, 0.717) is 19.1 Å². The molecule has 1 aliphatic heterocycles. The molecule has 0 amide bonds. The molecule has 0 saturated carbocycles. The van der Waals surface area contributed by atoms with E-state index >= 15 is 0 Å². The van der Waals surface area contributed by atoms with Gasteiger partial charge in [0.25, 0.3) is 0 Å². The van der Waals surface area contributed by atoms with Crippen LogP contribution in [0.3, 0.4) is 0 Å². The van der Waals surface area contributed by atoms with Crippen LogP contribution in [-0.4, -0.2) is 33.4 Å². The van der Waals surface area contributed by atoms with Crippen LogP contribution in [-0.2, 0) is 9.47 Å². The summed E-state index contributed by atoms with van der Waals surface area (Å²) in [7, 11) is 1.70. The Morgan fingerprint density at radius 2 is 2.10 bits per heavy atom. The molecule has 1 fully saturated rings. The second kappa shape index (κ2) is 8.35. The first-order valence-electron chi connectivity index (χ1n) is 7.38. The van der Waals surface area contributed by atoms with E-state index in [1.807, 2.05) is 12.1 Å². The van der Waals surface area contributed by atoms with Gasteiger partial charge in [0.15, 0.2) is 0 Å². The van der Waals surface area contributed by atoms with Gasteiger partial charge in [0, 0.05) is 32.8 Å².